The highest BCUT2D eigenvalue weighted by atomic mass is 16.3. The zero-order chi connectivity index (χ0) is 18.5. The van der Waals surface area contributed by atoms with Crippen LogP contribution in [0.4, 0.5) is 11.4 Å². The Bertz CT molecular complexity index is 926. The molecule has 5 heteroatoms. The third kappa shape index (κ3) is 4.00. The number of hydrogen-bond acceptors (Lipinski definition) is 3. The van der Waals surface area contributed by atoms with Crippen LogP contribution >= 0.6 is 0 Å². The lowest BCUT2D eigenvalue weighted by atomic mass is 10.0. The summed E-state index contributed by atoms with van der Waals surface area (Å²) in [7, 11) is 0. The smallest absolute Gasteiger partial charge is 0.291 e. The number of benzene rings is 2. The van der Waals surface area contributed by atoms with Crippen molar-refractivity contribution < 1.29 is 14.0 Å². The van der Waals surface area contributed by atoms with Gasteiger partial charge in [0.25, 0.3) is 11.8 Å². The van der Waals surface area contributed by atoms with E-state index in [9.17, 15) is 9.59 Å². The van der Waals surface area contributed by atoms with Gasteiger partial charge in [0.05, 0.1) is 0 Å². The van der Waals surface area contributed by atoms with Crippen molar-refractivity contribution in [3.63, 3.8) is 0 Å². The molecule has 26 heavy (non-hydrogen) atoms. The summed E-state index contributed by atoms with van der Waals surface area (Å²) in [5.74, 6) is 0.480. The van der Waals surface area contributed by atoms with Crippen LogP contribution in [0.1, 0.15) is 39.2 Å². The lowest BCUT2D eigenvalue weighted by Crippen LogP contribution is -2.14. The molecule has 0 aliphatic heterocycles. The molecule has 2 N–H and O–H groups in total. The van der Waals surface area contributed by atoms with Gasteiger partial charge in [0.2, 0.25) is 0 Å². The molecule has 2 aromatic carbocycles. The minimum absolute atomic E-state index is 0.148. The summed E-state index contributed by atoms with van der Waals surface area (Å²) >= 11 is 0. The van der Waals surface area contributed by atoms with E-state index in [1.807, 2.05) is 31.2 Å². The molecule has 3 rings (SSSR count). The van der Waals surface area contributed by atoms with Crippen LogP contribution < -0.4 is 10.6 Å². The van der Waals surface area contributed by atoms with Crippen molar-refractivity contribution in [2.75, 3.05) is 10.6 Å². The molecule has 0 spiro atoms. The first kappa shape index (κ1) is 17.5. The molecule has 0 bridgehead atoms. The van der Waals surface area contributed by atoms with Crippen molar-refractivity contribution in [3.8, 4) is 0 Å². The van der Waals surface area contributed by atoms with Crippen LogP contribution in [-0.4, -0.2) is 11.8 Å². The zero-order valence-corrected chi connectivity index (χ0v) is 14.7. The van der Waals surface area contributed by atoms with Gasteiger partial charge in [-0.15, -0.1) is 0 Å². The third-order valence-electron chi connectivity index (χ3n) is 4.01. The number of aryl methyl sites for hydroxylation is 2. The first-order chi connectivity index (χ1) is 12.6. The van der Waals surface area contributed by atoms with Gasteiger partial charge in [-0.25, -0.2) is 0 Å². The highest BCUT2D eigenvalue weighted by Crippen LogP contribution is 2.17. The fraction of sp³-hybridized carbons (Fsp3) is 0.143. The Kier molecular flexibility index (Phi) is 5.17. The number of furan rings is 1. The average Bonchev–Trinajstić information content (AvgIpc) is 3.10. The highest BCUT2D eigenvalue weighted by Gasteiger charge is 2.12. The molecule has 5 nitrogen and oxygen atoms in total. The third-order valence-corrected chi connectivity index (χ3v) is 4.01. The summed E-state index contributed by atoms with van der Waals surface area (Å²) in [5.41, 5.74) is 2.95. The first-order valence-corrected chi connectivity index (χ1v) is 8.44. The number of nitrogens with one attached hydrogen (secondary N) is 2. The quantitative estimate of drug-likeness (QED) is 0.705. The summed E-state index contributed by atoms with van der Waals surface area (Å²) in [6.45, 7) is 3.80. The lowest BCUT2D eigenvalue weighted by molar-refractivity contribution is 0.0993. The van der Waals surface area contributed by atoms with Crippen LogP contribution in [0.2, 0.25) is 0 Å². The molecule has 0 aliphatic rings. The summed E-state index contributed by atoms with van der Waals surface area (Å²) in [4.78, 5) is 24.5. The van der Waals surface area contributed by atoms with Gasteiger partial charge in [-0.2, -0.15) is 0 Å². The predicted molar refractivity (Wildman–Crippen MR) is 102 cm³/mol. The van der Waals surface area contributed by atoms with E-state index in [0.717, 1.165) is 12.0 Å². The topological polar surface area (TPSA) is 71.3 Å². The first-order valence-electron chi connectivity index (χ1n) is 8.44. The summed E-state index contributed by atoms with van der Waals surface area (Å²) in [5, 5.41) is 5.63. The fourth-order valence-electron chi connectivity index (χ4n) is 2.63. The molecule has 1 aromatic heterocycles. The van der Waals surface area contributed by atoms with Crippen molar-refractivity contribution in [2.45, 2.75) is 20.3 Å². The van der Waals surface area contributed by atoms with Gasteiger partial charge in [-0.1, -0.05) is 25.1 Å². The second-order valence-corrected chi connectivity index (χ2v) is 5.91. The maximum absolute atomic E-state index is 12.5. The fourth-order valence-corrected chi connectivity index (χ4v) is 2.63. The maximum atomic E-state index is 12.5. The van der Waals surface area contributed by atoms with Gasteiger partial charge >= 0.3 is 0 Å². The minimum Gasteiger partial charge on any atom is -0.456 e. The van der Waals surface area contributed by atoms with E-state index in [-0.39, 0.29) is 17.6 Å². The number of anilines is 2. The zero-order valence-electron chi connectivity index (χ0n) is 14.7. The Labute approximate surface area is 152 Å². The second-order valence-electron chi connectivity index (χ2n) is 5.91. The monoisotopic (exact) mass is 348 g/mol. The van der Waals surface area contributed by atoms with Gasteiger partial charge in [-0.05, 0) is 61.4 Å². The van der Waals surface area contributed by atoms with Crippen molar-refractivity contribution in [3.05, 3.63) is 83.3 Å². The molecular weight excluding hydrogens is 328 g/mol. The van der Waals surface area contributed by atoms with Crippen LogP contribution in [0.15, 0.2) is 65.1 Å². The highest BCUT2D eigenvalue weighted by molar-refractivity contribution is 6.05. The molecule has 0 radical (unpaired) electrons. The van der Waals surface area contributed by atoms with Crippen molar-refractivity contribution in [2.24, 2.45) is 0 Å². The van der Waals surface area contributed by atoms with Crippen LogP contribution in [0.5, 0.6) is 0 Å². The lowest BCUT2D eigenvalue weighted by Gasteiger charge is -2.10. The SMILES string of the molecule is CCc1ccccc1C(=O)Nc1ccc(NC(=O)c2ccc(C)o2)cc1. The van der Waals surface area contributed by atoms with Gasteiger partial charge in [-0.3, -0.25) is 9.59 Å². The molecule has 2 amide bonds. The normalized spacial score (nSPS) is 10.4. The molecule has 0 unspecified atom stereocenters. The van der Waals surface area contributed by atoms with Gasteiger partial charge in [0.15, 0.2) is 5.76 Å². The van der Waals surface area contributed by atoms with E-state index in [0.29, 0.717) is 22.7 Å². The number of hydrogen-bond donors (Lipinski definition) is 2. The second kappa shape index (κ2) is 7.70. The van der Waals surface area contributed by atoms with Crippen molar-refractivity contribution in [1.82, 2.24) is 0 Å². The van der Waals surface area contributed by atoms with E-state index in [2.05, 4.69) is 10.6 Å². The molecule has 0 atom stereocenters. The molecular formula is C21H20N2O3. The van der Waals surface area contributed by atoms with Gasteiger partial charge in [0, 0.05) is 16.9 Å². The Morgan fingerprint density at radius 1 is 0.846 bits per heavy atom. The van der Waals surface area contributed by atoms with E-state index in [1.54, 1.807) is 43.3 Å². The van der Waals surface area contributed by atoms with Crippen LogP contribution in [0.25, 0.3) is 0 Å². The van der Waals surface area contributed by atoms with Crippen LogP contribution in [-0.2, 0) is 6.42 Å². The number of carbonyl (C=O) groups is 2. The number of carbonyl (C=O) groups excluding carboxylic acids is 2. The Morgan fingerprint density at radius 3 is 2.04 bits per heavy atom. The van der Waals surface area contributed by atoms with Crippen molar-refractivity contribution >= 4 is 23.2 Å². The Balaban J connectivity index is 1.66. The number of amides is 2. The molecule has 3 aromatic rings. The van der Waals surface area contributed by atoms with Gasteiger partial charge in [0.1, 0.15) is 5.76 Å². The maximum Gasteiger partial charge on any atom is 0.291 e. The van der Waals surface area contributed by atoms with E-state index >= 15 is 0 Å². The van der Waals surface area contributed by atoms with Crippen LogP contribution in [0.3, 0.4) is 0 Å². The van der Waals surface area contributed by atoms with E-state index in [4.69, 9.17) is 4.42 Å². The Morgan fingerprint density at radius 2 is 1.46 bits per heavy atom. The van der Waals surface area contributed by atoms with E-state index < -0.39 is 0 Å². The molecule has 132 valence electrons. The summed E-state index contributed by atoms with van der Waals surface area (Å²) in [6.07, 6.45) is 0.792. The van der Waals surface area contributed by atoms with Gasteiger partial charge < -0.3 is 15.1 Å². The van der Waals surface area contributed by atoms with E-state index in [1.165, 1.54) is 0 Å². The number of rotatable bonds is 5. The van der Waals surface area contributed by atoms with Crippen molar-refractivity contribution in [1.29, 1.82) is 0 Å². The molecule has 0 fully saturated rings. The standard InChI is InChI=1S/C21H20N2O3/c1-3-15-6-4-5-7-18(15)20(24)22-16-9-11-17(12-10-16)23-21(25)19-13-8-14(2)26-19/h4-13H,3H2,1-2H3,(H,22,24)(H,23,25). The largest absolute Gasteiger partial charge is 0.456 e. The predicted octanol–water partition coefficient (Wildman–Crippen LogP) is 4.66. The average molecular weight is 348 g/mol. The molecule has 0 saturated heterocycles. The summed E-state index contributed by atoms with van der Waals surface area (Å²) < 4.78 is 5.30. The molecule has 0 aliphatic carbocycles. The molecule has 1 heterocycles. The minimum atomic E-state index is -0.313. The van der Waals surface area contributed by atoms with Crippen LogP contribution in [0, 0.1) is 6.92 Å². The summed E-state index contributed by atoms with van der Waals surface area (Å²) in [6, 6.07) is 17.9. The molecule has 0 saturated carbocycles. The Hall–Kier alpha value is -3.34.